The van der Waals surface area contributed by atoms with Gasteiger partial charge in [-0.3, -0.25) is 4.79 Å². The molecule has 0 fully saturated rings. The SMILES string of the molecule is CC(=O)NCC#Cc1cc(C)c(N)cc1F. The molecule has 0 unspecified atom stereocenters. The molecule has 0 heterocycles. The minimum Gasteiger partial charge on any atom is -0.398 e. The van der Waals surface area contributed by atoms with Crippen LogP contribution in [0, 0.1) is 24.6 Å². The lowest BCUT2D eigenvalue weighted by Gasteiger charge is -2.01. The van der Waals surface area contributed by atoms with E-state index >= 15 is 0 Å². The Balaban J connectivity index is 2.81. The van der Waals surface area contributed by atoms with E-state index in [1.165, 1.54) is 13.0 Å². The molecule has 0 aliphatic heterocycles. The van der Waals surface area contributed by atoms with Crippen molar-refractivity contribution in [2.24, 2.45) is 0 Å². The minimum absolute atomic E-state index is 0.164. The average Bonchev–Trinajstić information content (AvgIpc) is 2.19. The van der Waals surface area contributed by atoms with Gasteiger partial charge >= 0.3 is 0 Å². The molecule has 1 rings (SSSR count). The van der Waals surface area contributed by atoms with Crippen LogP contribution in [0.5, 0.6) is 0 Å². The van der Waals surface area contributed by atoms with Gasteiger partial charge in [-0.1, -0.05) is 11.8 Å². The Hall–Kier alpha value is -2.02. The molecule has 0 saturated heterocycles. The number of rotatable bonds is 1. The Bertz CT molecular complexity index is 472. The molecule has 0 aliphatic rings. The standard InChI is InChI=1S/C12H13FN2O/c1-8-6-10(11(13)7-12(8)14)4-3-5-15-9(2)16/h6-7H,5,14H2,1-2H3,(H,15,16). The van der Waals surface area contributed by atoms with Crippen LogP contribution in [0.15, 0.2) is 12.1 Å². The zero-order valence-corrected chi connectivity index (χ0v) is 9.23. The summed E-state index contributed by atoms with van der Waals surface area (Å²) in [6, 6.07) is 2.84. The number of aryl methyl sites for hydroxylation is 1. The first-order valence-corrected chi connectivity index (χ1v) is 4.79. The van der Waals surface area contributed by atoms with Gasteiger partial charge in [-0.05, 0) is 24.6 Å². The van der Waals surface area contributed by atoms with Crippen LogP contribution in [0.1, 0.15) is 18.1 Å². The number of carbonyl (C=O) groups is 1. The summed E-state index contributed by atoms with van der Waals surface area (Å²) >= 11 is 0. The molecule has 84 valence electrons. The lowest BCUT2D eigenvalue weighted by Crippen LogP contribution is -2.19. The van der Waals surface area contributed by atoms with Gasteiger partial charge in [0.05, 0.1) is 12.1 Å². The van der Waals surface area contributed by atoms with E-state index in [1.807, 2.05) is 0 Å². The Morgan fingerprint density at radius 3 is 2.88 bits per heavy atom. The predicted octanol–water partition coefficient (Wildman–Crippen LogP) is 1.20. The molecule has 3 N–H and O–H groups in total. The van der Waals surface area contributed by atoms with E-state index in [-0.39, 0.29) is 18.0 Å². The van der Waals surface area contributed by atoms with Gasteiger partial charge in [0, 0.05) is 12.6 Å². The van der Waals surface area contributed by atoms with Crippen LogP contribution in [-0.4, -0.2) is 12.5 Å². The summed E-state index contributed by atoms with van der Waals surface area (Å²) in [6.07, 6.45) is 0. The van der Waals surface area contributed by atoms with E-state index in [1.54, 1.807) is 13.0 Å². The van der Waals surface area contributed by atoms with Gasteiger partial charge in [-0.15, -0.1) is 0 Å². The molecule has 1 aromatic carbocycles. The summed E-state index contributed by atoms with van der Waals surface area (Å²) in [5.41, 5.74) is 7.02. The van der Waals surface area contributed by atoms with Gasteiger partial charge in [0.1, 0.15) is 5.82 Å². The average molecular weight is 220 g/mol. The first-order valence-electron chi connectivity index (χ1n) is 4.79. The van der Waals surface area contributed by atoms with E-state index in [0.717, 1.165) is 5.56 Å². The number of amides is 1. The summed E-state index contributed by atoms with van der Waals surface area (Å²) in [4.78, 5) is 10.6. The van der Waals surface area contributed by atoms with Crippen LogP contribution >= 0.6 is 0 Å². The fraction of sp³-hybridized carbons (Fsp3) is 0.250. The van der Waals surface area contributed by atoms with Gasteiger partial charge in [0.25, 0.3) is 0 Å². The predicted molar refractivity (Wildman–Crippen MR) is 61.1 cm³/mol. The van der Waals surface area contributed by atoms with Crippen molar-refractivity contribution in [3.63, 3.8) is 0 Å². The normalized spacial score (nSPS) is 9.19. The molecular formula is C12H13FN2O. The second kappa shape index (κ2) is 5.17. The van der Waals surface area contributed by atoms with Crippen molar-refractivity contribution in [3.8, 4) is 11.8 Å². The maximum atomic E-state index is 13.3. The fourth-order valence-electron chi connectivity index (χ4n) is 1.10. The van der Waals surface area contributed by atoms with Crippen LogP contribution < -0.4 is 11.1 Å². The van der Waals surface area contributed by atoms with Gasteiger partial charge in [-0.25, -0.2) is 4.39 Å². The van der Waals surface area contributed by atoms with Gasteiger partial charge in [0.15, 0.2) is 0 Å². The van der Waals surface area contributed by atoms with Crippen molar-refractivity contribution in [3.05, 3.63) is 29.1 Å². The van der Waals surface area contributed by atoms with Gasteiger partial charge in [-0.2, -0.15) is 0 Å². The summed E-state index contributed by atoms with van der Waals surface area (Å²) in [5.74, 6) is 4.69. The van der Waals surface area contributed by atoms with Gasteiger partial charge in [0.2, 0.25) is 5.91 Å². The molecule has 0 spiro atoms. The van der Waals surface area contributed by atoms with Crippen LogP contribution in [0.3, 0.4) is 0 Å². The number of hydrogen-bond donors (Lipinski definition) is 2. The highest BCUT2D eigenvalue weighted by molar-refractivity contribution is 5.73. The molecule has 1 amide bonds. The van der Waals surface area contributed by atoms with Crippen molar-refractivity contribution in [2.45, 2.75) is 13.8 Å². The topological polar surface area (TPSA) is 55.1 Å². The second-order valence-electron chi connectivity index (χ2n) is 3.40. The number of nitrogens with two attached hydrogens (primary N) is 1. The zero-order chi connectivity index (χ0) is 12.1. The highest BCUT2D eigenvalue weighted by Crippen LogP contribution is 2.15. The third-order valence-electron chi connectivity index (χ3n) is 2.00. The van der Waals surface area contributed by atoms with Crippen molar-refractivity contribution >= 4 is 11.6 Å². The highest BCUT2D eigenvalue weighted by Gasteiger charge is 2.02. The molecule has 0 saturated carbocycles. The number of benzene rings is 1. The summed E-state index contributed by atoms with van der Waals surface area (Å²) in [5, 5.41) is 2.50. The van der Waals surface area contributed by atoms with Crippen LogP contribution in [-0.2, 0) is 4.79 Å². The number of halogens is 1. The maximum Gasteiger partial charge on any atom is 0.217 e. The number of nitrogen functional groups attached to an aromatic ring is 1. The Labute approximate surface area is 93.8 Å². The molecule has 16 heavy (non-hydrogen) atoms. The highest BCUT2D eigenvalue weighted by atomic mass is 19.1. The molecule has 0 radical (unpaired) electrons. The van der Waals surface area contributed by atoms with E-state index in [0.29, 0.717) is 5.69 Å². The second-order valence-corrected chi connectivity index (χ2v) is 3.40. The molecule has 1 aromatic rings. The molecule has 0 aromatic heterocycles. The Morgan fingerprint density at radius 2 is 2.25 bits per heavy atom. The molecule has 3 nitrogen and oxygen atoms in total. The first kappa shape index (κ1) is 12.1. The Morgan fingerprint density at radius 1 is 1.56 bits per heavy atom. The van der Waals surface area contributed by atoms with Crippen LogP contribution in [0.2, 0.25) is 0 Å². The summed E-state index contributed by atoms with van der Waals surface area (Å²) in [6.45, 7) is 3.39. The minimum atomic E-state index is -0.446. The summed E-state index contributed by atoms with van der Waals surface area (Å²) in [7, 11) is 0. The van der Waals surface area contributed by atoms with Crippen molar-refractivity contribution < 1.29 is 9.18 Å². The number of hydrogen-bond acceptors (Lipinski definition) is 2. The molecule has 0 bridgehead atoms. The largest absolute Gasteiger partial charge is 0.398 e. The van der Waals surface area contributed by atoms with Crippen molar-refractivity contribution in [1.82, 2.24) is 5.32 Å². The van der Waals surface area contributed by atoms with Crippen LogP contribution in [0.4, 0.5) is 10.1 Å². The van der Waals surface area contributed by atoms with Crippen LogP contribution in [0.25, 0.3) is 0 Å². The third kappa shape index (κ3) is 3.28. The Kier molecular flexibility index (Phi) is 3.90. The van der Waals surface area contributed by atoms with Crippen molar-refractivity contribution in [1.29, 1.82) is 0 Å². The molecule has 4 heteroatoms. The number of anilines is 1. The number of carbonyl (C=O) groups excluding carboxylic acids is 1. The number of nitrogens with one attached hydrogen (secondary N) is 1. The maximum absolute atomic E-state index is 13.3. The third-order valence-corrected chi connectivity index (χ3v) is 2.00. The van der Waals surface area contributed by atoms with E-state index in [9.17, 15) is 9.18 Å². The van der Waals surface area contributed by atoms with E-state index in [4.69, 9.17) is 5.73 Å². The molecule has 0 aliphatic carbocycles. The van der Waals surface area contributed by atoms with Gasteiger partial charge < -0.3 is 11.1 Å². The molecular weight excluding hydrogens is 207 g/mol. The monoisotopic (exact) mass is 220 g/mol. The molecule has 0 atom stereocenters. The zero-order valence-electron chi connectivity index (χ0n) is 9.23. The first-order chi connectivity index (χ1) is 7.50. The fourth-order valence-corrected chi connectivity index (χ4v) is 1.10. The van der Waals surface area contributed by atoms with E-state index < -0.39 is 5.82 Å². The summed E-state index contributed by atoms with van der Waals surface area (Å²) < 4.78 is 13.3. The lowest BCUT2D eigenvalue weighted by molar-refractivity contribution is -0.118. The van der Waals surface area contributed by atoms with E-state index in [2.05, 4.69) is 17.2 Å². The quantitative estimate of drug-likeness (QED) is 0.552. The smallest absolute Gasteiger partial charge is 0.217 e. The lowest BCUT2D eigenvalue weighted by atomic mass is 10.1. The van der Waals surface area contributed by atoms with Crippen molar-refractivity contribution in [2.75, 3.05) is 12.3 Å².